The van der Waals surface area contributed by atoms with Crippen LogP contribution in [0, 0.1) is 5.82 Å². The zero-order valence-electron chi connectivity index (χ0n) is 9.37. The number of benzene rings is 1. The van der Waals surface area contributed by atoms with E-state index in [4.69, 9.17) is 4.74 Å². The first-order chi connectivity index (χ1) is 7.79. The number of hydrogen-bond donors (Lipinski definition) is 1. The summed E-state index contributed by atoms with van der Waals surface area (Å²) in [4.78, 5) is 0. The molecule has 1 aliphatic carbocycles. The number of nitrogens with one attached hydrogen (secondary N) is 1. The van der Waals surface area contributed by atoms with Crippen molar-refractivity contribution in [2.24, 2.45) is 0 Å². The fourth-order valence-corrected chi connectivity index (χ4v) is 1.87. The van der Waals surface area contributed by atoms with Crippen molar-refractivity contribution in [1.29, 1.82) is 0 Å². The lowest BCUT2D eigenvalue weighted by Gasteiger charge is -2.12. The van der Waals surface area contributed by atoms with Gasteiger partial charge in [-0.2, -0.15) is 0 Å². The van der Waals surface area contributed by atoms with E-state index in [1.165, 1.54) is 13.2 Å². The standard InChI is InChI=1S/C13H16FNO/c1-16-13-7-6-10(8-12(13)14)9-15-11-4-2-3-5-11/h2-3,6-8,11,15H,4-5,9H2,1H3. The average Bonchev–Trinajstić information content (AvgIpc) is 2.79. The molecule has 0 heterocycles. The van der Waals surface area contributed by atoms with Gasteiger partial charge in [0.1, 0.15) is 0 Å². The highest BCUT2D eigenvalue weighted by Crippen LogP contribution is 2.18. The van der Waals surface area contributed by atoms with Crippen molar-refractivity contribution in [1.82, 2.24) is 5.32 Å². The zero-order valence-corrected chi connectivity index (χ0v) is 9.37. The van der Waals surface area contributed by atoms with Crippen molar-refractivity contribution in [3.63, 3.8) is 0 Å². The van der Waals surface area contributed by atoms with Gasteiger partial charge in [0, 0.05) is 12.6 Å². The topological polar surface area (TPSA) is 21.3 Å². The van der Waals surface area contributed by atoms with Gasteiger partial charge in [-0.3, -0.25) is 0 Å². The highest BCUT2D eigenvalue weighted by Gasteiger charge is 2.09. The van der Waals surface area contributed by atoms with Crippen molar-refractivity contribution in [2.45, 2.75) is 25.4 Å². The molecule has 2 nitrogen and oxygen atoms in total. The Labute approximate surface area is 95.1 Å². The summed E-state index contributed by atoms with van der Waals surface area (Å²) in [7, 11) is 1.47. The maximum absolute atomic E-state index is 13.4. The van der Waals surface area contributed by atoms with Crippen molar-refractivity contribution >= 4 is 0 Å². The number of hydrogen-bond acceptors (Lipinski definition) is 2. The van der Waals surface area contributed by atoms with Crippen molar-refractivity contribution in [2.75, 3.05) is 7.11 Å². The van der Waals surface area contributed by atoms with Crippen LogP contribution in [0.5, 0.6) is 5.75 Å². The van der Waals surface area contributed by atoms with E-state index >= 15 is 0 Å². The van der Waals surface area contributed by atoms with Crippen LogP contribution < -0.4 is 10.1 Å². The van der Waals surface area contributed by atoms with Crippen LogP contribution in [0.4, 0.5) is 4.39 Å². The van der Waals surface area contributed by atoms with Gasteiger partial charge in [-0.05, 0) is 30.5 Å². The summed E-state index contributed by atoms with van der Waals surface area (Å²) < 4.78 is 18.3. The van der Waals surface area contributed by atoms with Gasteiger partial charge in [0.15, 0.2) is 11.6 Å². The third kappa shape index (κ3) is 2.61. The lowest BCUT2D eigenvalue weighted by Crippen LogP contribution is -2.25. The minimum Gasteiger partial charge on any atom is -0.494 e. The van der Waals surface area contributed by atoms with Gasteiger partial charge < -0.3 is 10.1 Å². The highest BCUT2D eigenvalue weighted by atomic mass is 19.1. The molecule has 3 heteroatoms. The van der Waals surface area contributed by atoms with Gasteiger partial charge in [0.2, 0.25) is 0 Å². The van der Waals surface area contributed by atoms with E-state index in [0.29, 0.717) is 18.3 Å². The van der Waals surface area contributed by atoms with Crippen LogP contribution >= 0.6 is 0 Å². The molecule has 0 unspecified atom stereocenters. The Balaban J connectivity index is 1.91. The Kier molecular flexibility index (Phi) is 3.57. The van der Waals surface area contributed by atoms with Crippen molar-refractivity contribution < 1.29 is 9.13 Å². The summed E-state index contributed by atoms with van der Waals surface area (Å²) in [5.41, 5.74) is 0.949. The van der Waals surface area contributed by atoms with Gasteiger partial charge in [-0.25, -0.2) is 4.39 Å². The molecule has 2 rings (SSSR count). The molecule has 0 bridgehead atoms. The Hall–Kier alpha value is -1.35. The SMILES string of the molecule is COc1ccc(CNC2CC=CC2)cc1F. The molecule has 1 aliphatic rings. The van der Waals surface area contributed by atoms with Gasteiger partial charge in [-0.1, -0.05) is 18.2 Å². The molecular formula is C13H16FNO. The largest absolute Gasteiger partial charge is 0.494 e. The normalized spacial score (nSPS) is 15.6. The number of rotatable bonds is 4. The lowest BCUT2D eigenvalue weighted by molar-refractivity contribution is 0.386. The Morgan fingerprint density at radius 2 is 2.12 bits per heavy atom. The molecule has 1 aromatic carbocycles. The first-order valence-corrected chi connectivity index (χ1v) is 5.50. The van der Waals surface area contributed by atoms with Crippen LogP contribution in [0.1, 0.15) is 18.4 Å². The maximum Gasteiger partial charge on any atom is 0.165 e. The smallest absolute Gasteiger partial charge is 0.165 e. The van der Waals surface area contributed by atoms with E-state index < -0.39 is 0 Å². The van der Waals surface area contributed by atoms with E-state index in [1.807, 2.05) is 6.07 Å². The van der Waals surface area contributed by atoms with E-state index in [0.717, 1.165) is 18.4 Å². The molecule has 0 spiro atoms. The Bertz CT molecular complexity index is 382. The number of halogens is 1. The molecule has 86 valence electrons. The monoisotopic (exact) mass is 221 g/mol. The molecular weight excluding hydrogens is 205 g/mol. The second kappa shape index (κ2) is 5.12. The zero-order chi connectivity index (χ0) is 11.4. The molecule has 0 saturated carbocycles. The summed E-state index contributed by atoms with van der Waals surface area (Å²) >= 11 is 0. The molecule has 1 aromatic rings. The second-order valence-electron chi connectivity index (χ2n) is 3.99. The first-order valence-electron chi connectivity index (χ1n) is 5.50. The summed E-state index contributed by atoms with van der Waals surface area (Å²) in [5.74, 6) is -0.00219. The van der Waals surface area contributed by atoms with E-state index in [-0.39, 0.29) is 5.82 Å². The van der Waals surface area contributed by atoms with Crippen LogP contribution in [-0.2, 0) is 6.54 Å². The van der Waals surface area contributed by atoms with Crippen LogP contribution in [0.2, 0.25) is 0 Å². The molecule has 0 atom stereocenters. The highest BCUT2D eigenvalue weighted by molar-refractivity contribution is 5.29. The minimum absolute atomic E-state index is 0.297. The Morgan fingerprint density at radius 3 is 2.75 bits per heavy atom. The maximum atomic E-state index is 13.4. The second-order valence-corrected chi connectivity index (χ2v) is 3.99. The fraction of sp³-hybridized carbons (Fsp3) is 0.385. The van der Waals surface area contributed by atoms with Gasteiger partial charge in [-0.15, -0.1) is 0 Å². The van der Waals surface area contributed by atoms with Gasteiger partial charge in [0.25, 0.3) is 0 Å². The number of ether oxygens (including phenoxy) is 1. The predicted octanol–water partition coefficient (Wildman–Crippen LogP) is 2.64. The number of methoxy groups -OCH3 is 1. The molecule has 0 fully saturated rings. The first kappa shape index (κ1) is 11.1. The van der Waals surface area contributed by atoms with E-state index in [2.05, 4.69) is 17.5 Å². The minimum atomic E-state index is -0.300. The summed E-state index contributed by atoms with van der Waals surface area (Å²) in [6.45, 7) is 0.702. The molecule has 0 radical (unpaired) electrons. The molecule has 0 aromatic heterocycles. The van der Waals surface area contributed by atoms with Crippen LogP contribution in [0.25, 0.3) is 0 Å². The van der Waals surface area contributed by atoms with Crippen LogP contribution in [0.3, 0.4) is 0 Å². The van der Waals surface area contributed by atoms with Gasteiger partial charge >= 0.3 is 0 Å². The summed E-state index contributed by atoms with van der Waals surface area (Å²) in [5, 5.41) is 3.39. The van der Waals surface area contributed by atoms with Crippen molar-refractivity contribution in [3.05, 3.63) is 41.7 Å². The van der Waals surface area contributed by atoms with Crippen LogP contribution in [0.15, 0.2) is 30.4 Å². The molecule has 0 saturated heterocycles. The third-order valence-corrected chi connectivity index (χ3v) is 2.82. The van der Waals surface area contributed by atoms with Crippen LogP contribution in [-0.4, -0.2) is 13.2 Å². The fourth-order valence-electron chi connectivity index (χ4n) is 1.87. The van der Waals surface area contributed by atoms with Gasteiger partial charge in [0.05, 0.1) is 7.11 Å². The molecule has 16 heavy (non-hydrogen) atoms. The third-order valence-electron chi connectivity index (χ3n) is 2.82. The molecule has 1 N–H and O–H groups in total. The lowest BCUT2D eigenvalue weighted by atomic mass is 10.1. The predicted molar refractivity (Wildman–Crippen MR) is 62.0 cm³/mol. The van der Waals surface area contributed by atoms with Crippen molar-refractivity contribution in [3.8, 4) is 5.75 Å². The summed E-state index contributed by atoms with van der Waals surface area (Å²) in [6, 6.07) is 5.58. The quantitative estimate of drug-likeness (QED) is 0.789. The van der Waals surface area contributed by atoms with E-state index in [1.54, 1.807) is 6.07 Å². The Morgan fingerprint density at radius 1 is 1.38 bits per heavy atom. The summed E-state index contributed by atoms with van der Waals surface area (Å²) in [6.07, 6.45) is 6.48. The van der Waals surface area contributed by atoms with E-state index in [9.17, 15) is 4.39 Å². The molecule has 0 aliphatic heterocycles. The average molecular weight is 221 g/mol. The molecule has 0 amide bonds.